The Balaban J connectivity index is 3.89. The monoisotopic (exact) mass is 231 g/mol. The number of hydrogen-bond donors (Lipinski definition) is 2. The van der Waals surface area contributed by atoms with Crippen LogP contribution < -0.4 is 11.5 Å². The average molecular weight is 231 g/mol. The first kappa shape index (κ1) is 14.3. The molecule has 0 radical (unpaired) electrons. The van der Waals surface area contributed by atoms with Gasteiger partial charge in [-0.2, -0.15) is 0 Å². The molecule has 0 aromatic carbocycles. The average Bonchev–Trinajstić information content (AvgIpc) is 2.00. The van der Waals surface area contributed by atoms with Crippen molar-refractivity contribution in [3.63, 3.8) is 0 Å². The van der Waals surface area contributed by atoms with Gasteiger partial charge in [-0.3, -0.25) is 9.69 Å². The highest BCUT2D eigenvalue weighted by Crippen LogP contribution is 2.01. The first-order valence-corrected chi connectivity index (χ1v) is 5.61. The molecule has 0 aromatic rings. The molecule has 0 spiro atoms. The molecule has 0 bridgehead atoms. The Morgan fingerprint density at radius 1 is 1.40 bits per heavy atom. The zero-order chi connectivity index (χ0) is 11.8. The fraction of sp³-hybridized carbons (Fsp3) is 0.800. The lowest BCUT2D eigenvalue weighted by molar-refractivity contribution is -0.119. The van der Waals surface area contributed by atoms with E-state index in [4.69, 9.17) is 23.7 Å². The van der Waals surface area contributed by atoms with Gasteiger partial charge >= 0.3 is 0 Å². The Bertz CT molecular complexity index is 219. The van der Waals surface area contributed by atoms with Gasteiger partial charge in [-0.1, -0.05) is 26.1 Å². The van der Waals surface area contributed by atoms with E-state index >= 15 is 0 Å². The second kappa shape index (κ2) is 7.59. The van der Waals surface area contributed by atoms with Crippen molar-refractivity contribution in [2.45, 2.75) is 26.7 Å². The molecule has 4 N–H and O–H groups in total. The number of carbonyl (C=O) groups is 1. The van der Waals surface area contributed by atoms with Crippen LogP contribution in [0.25, 0.3) is 0 Å². The van der Waals surface area contributed by atoms with Crippen LogP contribution >= 0.6 is 12.2 Å². The minimum absolute atomic E-state index is 0.286. The van der Waals surface area contributed by atoms with Crippen molar-refractivity contribution in [2.75, 3.05) is 19.6 Å². The molecule has 1 amide bonds. The van der Waals surface area contributed by atoms with Crippen molar-refractivity contribution in [3.8, 4) is 0 Å². The van der Waals surface area contributed by atoms with Gasteiger partial charge in [0.2, 0.25) is 5.91 Å². The predicted molar refractivity (Wildman–Crippen MR) is 66.5 cm³/mol. The van der Waals surface area contributed by atoms with Gasteiger partial charge in [-0.25, -0.2) is 0 Å². The van der Waals surface area contributed by atoms with Gasteiger partial charge in [0, 0.05) is 6.54 Å². The van der Waals surface area contributed by atoms with Crippen LogP contribution in [-0.2, 0) is 4.79 Å². The SMILES string of the molecule is CC(C)CN(CCCC(N)=S)CC(N)=O. The van der Waals surface area contributed by atoms with E-state index in [9.17, 15) is 4.79 Å². The molecule has 0 rings (SSSR count). The zero-order valence-electron chi connectivity index (χ0n) is 9.53. The maximum atomic E-state index is 10.8. The Hall–Kier alpha value is -0.680. The minimum Gasteiger partial charge on any atom is -0.393 e. The molecule has 0 saturated heterocycles. The van der Waals surface area contributed by atoms with Crippen LogP contribution in [0, 0.1) is 5.92 Å². The summed E-state index contributed by atoms with van der Waals surface area (Å²) in [6, 6.07) is 0. The summed E-state index contributed by atoms with van der Waals surface area (Å²) in [6.45, 7) is 6.23. The summed E-state index contributed by atoms with van der Waals surface area (Å²) in [5.74, 6) is 0.236. The van der Waals surface area contributed by atoms with E-state index < -0.39 is 0 Å². The van der Waals surface area contributed by atoms with E-state index in [1.807, 2.05) is 4.90 Å². The third kappa shape index (κ3) is 9.62. The smallest absolute Gasteiger partial charge is 0.231 e. The van der Waals surface area contributed by atoms with E-state index in [0.717, 1.165) is 25.9 Å². The van der Waals surface area contributed by atoms with Gasteiger partial charge in [-0.05, 0) is 25.3 Å². The molecule has 4 nitrogen and oxygen atoms in total. The fourth-order valence-electron chi connectivity index (χ4n) is 1.45. The van der Waals surface area contributed by atoms with Gasteiger partial charge < -0.3 is 11.5 Å². The number of amides is 1. The Morgan fingerprint density at radius 3 is 2.40 bits per heavy atom. The zero-order valence-corrected chi connectivity index (χ0v) is 10.3. The van der Waals surface area contributed by atoms with Crippen LogP contribution in [0.3, 0.4) is 0 Å². The van der Waals surface area contributed by atoms with Crippen molar-refractivity contribution >= 4 is 23.1 Å². The number of primary amides is 1. The van der Waals surface area contributed by atoms with E-state index in [1.165, 1.54) is 0 Å². The van der Waals surface area contributed by atoms with Gasteiger partial charge in [0.25, 0.3) is 0 Å². The van der Waals surface area contributed by atoms with Crippen LogP contribution in [0.1, 0.15) is 26.7 Å². The molecular weight excluding hydrogens is 210 g/mol. The normalized spacial score (nSPS) is 10.9. The van der Waals surface area contributed by atoms with Crippen LogP contribution in [0.4, 0.5) is 0 Å². The highest BCUT2D eigenvalue weighted by Gasteiger charge is 2.09. The standard InChI is InChI=1S/C10H21N3OS/c1-8(2)6-13(7-9(11)14)5-3-4-10(12)15/h8H,3-7H2,1-2H3,(H2,11,14)(H2,12,15). The summed E-state index contributed by atoms with van der Waals surface area (Å²) in [6.07, 6.45) is 1.61. The predicted octanol–water partition coefficient (Wildman–Crippen LogP) is 0.496. The molecule has 0 aliphatic rings. The van der Waals surface area contributed by atoms with Crippen LogP contribution in [-0.4, -0.2) is 35.4 Å². The van der Waals surface area contributed by atoms with Crippen molar-refractivity contribution in [2.24, 2.45) is 17.4 Å². The first-order valence-electron chi connectivity index (χ1n) is 5.20. The van der Waals surface area contributed by atoms with Crippen molar-refractivity contribution in [1.29, 1.82) is 0 Å². The highest BCUT2D eigenvalue weighted by molar-refractivity contribution is 7.80. The summed E-state index contributed by atoms with van der Waals surface area (Å²) < 4.78 is 0. The maximum absolute atomic E-state index is 10.8. The summed E-state index contributed by atoms with van der Waals surface area (Å²) in [5.41, 5.74) is 10.6. The number of hydrogen-bond acceptors (Lipinski definition) is 3. The molecule has 0 fully saturated rings. The summed E-state index contributed by atoms with van der Waals surface area (Å²) >= 11 is 4.79. The van der Waals surface area contributed by atoms with Gasteiger partial charge in [-0.15, -0.1) is 0 Å². The first-order chi connectivity index (χ1) is 6.91. The van der Waals surface area contributed by atoms with Crippen molar-refractivity contribution in [3.05, 3.63) is 0 Å². The Morgan fingerprint density at radius 2 is 2.00 bits per heavy atom. The van der Waals surface area contributed by atoms with E-state index in [-0.39, 0.29) is 5.91 Å². The lowest BCUT2D eigenvalue weighted by atomic mass is 10.2. The molecule has 0 saturated carbocycles. The number of rotatable bonds is 8. The molecule has 15 heavy (non-hydrogen) atoms. The van der Waals surface area contributed by atoms with Crippen molar-refractivity contribution < 1.29 is 4.79 Å². The highest BCUT2D eigenvalue weighted by atomic mass is 32.1. The molecule has 0 aliphatic heterocycles. The van der Waals surface area contributed by atoms with Crippen LogP contribution in [0.5, 0.6) is 0 Å². The third-order valence-electron chi connectivity index (χ3n) is 1.90. The van der Waals surface area contributed by atoms with Crippen LogP contribution in [0.2, 0.25) is 0 Å². The fourth-order valence-corrected chi connectivity index (χ4v) is 1.59. The Kier molecular flexibility index (Phi) is 7.25. The van der Waals surface area contributed by atoms with E-state index in [1.54, 1.807) is 0 Å². The molecule has 0 atom stereocenters. The number of carbonyl (C=O) groups excluding carboxylic acids is 1. The molecule has 0 unspecified atom stereocenters. The largest absolute Gasteiger partial charge is 0.393 e. The molecule has 0 aromatic heterocycles. The quantitative estimate of drug-likeness (QED) is 0.597. The molecule has 88 valence electrons. The third-order valence-corrected chi connectivity index (χ3v) is 2.10. The molecular formula is C10H21N3OS. The van der Waals surface area contributed by atoms with Crippen LogP contribution in [0.15, 0.2) is 0 Å². The van der Waals surface area contributed by atoms with E-state index in [2.05, 4.69) is 13.8 Å². The van der Waals surface area contributed by atoms with Gasteiger partial charge in [0.05, 0.1) is 11.5 Å². The van der Waals surface area contributed by atoms with Crippen molar-refractivity contribution in [1.82, 2.24) is 4.90 Å². The number of thiocarbonyl (C=S) groups is 1. The maximum Gasteiger partial charge on any atom is 0.231 e. The number of nitrogens with two attached hydrogens (primary N) is 2. The summed E-state index contributed by atoms with van der Waals surface area (Å²) in [5, 5.41) is 0. The minimum atomic E-state index is -0.286. The second-order valence-corrected chi connectivity index (χ2v) is 4.69. The second-order valence-electron chi connectivity index (χ2n) is 4.17. The van der Waals surface area contributed by atoms with E-state index in [0.29, 0.717) is 17.5 Å². The topological polar surface area (TPSA) is 72.3 Å². The summed E-state index contributed by atoms with van der Waals surface area (Å²) in [7, 11) is 0. The Labute approximate surface area is 97.0 Å². The lowest BCUT2D eigenvalue weighted by Gasteiger charge is -2.22. The molecule has 0 aliphatic carbocycles. The molecule has 0 heterocycles. The van der Waals surface area contributed by atoms with Gasteiger partial charge in [0.1, 0.15) is 0 Å². The number of nitrogens with zero attached hydrogens (tertiary/aromatic N) is 1. The molecule has 5 heteroatoms. The summed E-state index contributed by atoms with van der Waals surface area (Å²) in [4.78, 5) is 13.4. The lowest BCUT2D eigenvalue weighted by Crippen LogP contribution is -2.37. The van der Waals surface area contributed by atoms with Gasteiger partial charge in [0.15, 0.2) is 0 Å².